The second-order valence-corrected chi connectivity index (χ2v) is 8.75. The number of nitrogens with zero attached hydrogens (tertiary/aromatic N) is 1. The molecular weight excluding hydrogens is 393 g/mol. The summed E-state index contributed by atoms with van der Waals surface area (Å²) in [7, 11) is -3.94. The number of nitrogens with one attached hydrogen (secondary N) is 1. The minimum Gasteiger partial charge on any atom is -0.352 e. The van der Waals surface area contributed by atoms with Gasteiger partial charge in [0, 0.05) is 19.5 Å². The van der Waals surface area contributed by atoms with Crippen molar-refractivity contribution in [3.63, 3.8) is 0 Å². The van der Waals surface area contributed by atoms with Crippen molar-refractivity contribution in [2.75, 3.05) is 23.7 Å². The summed E-state index contributed by atoms with van der Waals surface area (Å²) in [6.45, 7) is 0.258. The zero-order chi connectivity index (χ0) is 20.8. The summed E-state index contributed by atoms with van der Waals surface area (Å²) in [5, 5.41) is 2.79. The van der Waals surface area contributed by atoms with Gasteiger partial charge in [-0.1, -0.05) is 23.8 Å². The minimum atomic E-state index is -4.68. The Morgan fingerprint density at radius 1 is 1.21 bits per heavy atom. The van der Waals surface area contributed by atoms with Crippen LogP contribution in [0, 0.1) is 0 Å². The van der Waals surface area contributed by atoms with Crippen molar-refractivity contribution >= 4 is 21.6 Å². The van der Waals surface area contributed by atoms with Gasteiger partial charge in [0.25, 0.3) is 0 Å². The largest absolute Gasteiger partial charge is 0.418 e. The molecule has 0 atom stereocenters. The van der Waals surface area contributed by atoms with E-state index in [0.29, 0.717) is 10.8 Å². The summed E-state index contributed by atoms with van der Waals surface area (Å²) in [6, 6.07) is 4.53. The first-order valence-corrected chi connectivity index (χ1v) is 11.0. The van der Waals surface area contributed by atoms with Crippen LogP contribution in [-0.4, -0.2) is 33.7 Å². The molecule has 2 rings (SSSR count). The zero-order valence-electron chi connectivity index (χ0n) is 15.8. The van der Waals surface area contributed by atoms with Gasteiger partial charge >= 0.3 is 6.18 Å². The topological polar surface area (TPSA) is 66.5 Å². The number of alkyl halides is 3. The molecule has 1 amide bonds. The number of amides is 1. The number of carbonyl (C=O) groups excluding carboxylic acids is 1. The number of rotatable bonds is 8. The van der Waals surface area contributed by atoms with E-state index in [4.69, 9.17) is 0 Å². The molecule has 1 N–H and O–H groups in total. The van der Waals surface area contributed by atoms with E-state index in [1.54, 1.807) is 0 Å². The molecule has 0 radical (unpaired) electrons. The fourth-order valence-electron chi connectivity index (χ4n) is 3.14. The fourth-order valence-corrected chi connectivity index (χ4v) is 4.12. The predicted molar refractivity (Wildman–Crippen MR) is 102 cm³/mol. The lowest BCUT2D eigenvalue weighted by molar-refractivity contribution is -0.137. The molecule has 1 aliphatic carbocycles. The Kier molecular flexibility index (Phi) is 7.51. The molecule has 1 aliphatic rings. The number of hydrogen-bond acceptors (Lipinski definition) is 3. The molecule has 0 heterocycles. The van der Waals surface area contributed by atoms with Crippen LogP contribution < -0.4 is 9.62 Å². The van der Waals surface area contributed by atoms with Gasteiger partial charge in [-0.15, -0.1) is 0 Å². The van der Waals surface area contributed by atoms with Gasteiger partial charge < -0.3 is 5.32 Å². The molecule has 0 unspecified atom stereocenters. The maximum atomic E-state index is 13.2. The van der Waals surface area contributed by atoms with E-state index in [9.17, 15) is 26.4 Å². The third-order valence-corrected chi connectivity index (χ3v) is 5.72. The Morgan fingerprint density at radius 3 is 2.54 bits per heavy atom. The van der Waals surface area contributed by atoms with Crippen molar-refractivity contribution in [3.8, 4) is 0 Å². The van der Waals surface area contributed by atoms with E-state index in [2.05, 4.69) is 11.4 Å². The molecule has 0 aromatic heterocycles. The van der Waals surface area contributed by atoms with Gasteiger partial charge in [0.15, 0.2) is 0 Å². The first-order chi connectivity index (χ1) is 13.1. The highest BCUT2D eigenvalue weighted by molar-refractivity contribution is 7.92. The molecule has 0 saturated heterocycles. The standard InChI is InChI=1S/C19H25F3N2O3S/c1-28(26,27)24(17-11-6-5-10-16(17)19(20,21)22)13-7-12-18(25)23-14-15-8-3-2-4-9-15/h5-6,8,10-11H,2-4,7,9,12-14H2,1H3,(H,23,25). The zero-order valence-corrected chi connectivity index (χ0v) is 16.6. The first-order valence-electron chi connectivity index (χ1n) is 9.17. The minimum absolute atomic E-state index is 0.0352. The molecule has 0 saturated carbocycles. The Bertz CT molecular complexity index is 820. The Balaban J connectivity index is 1.99. The molecule has 1 aromatic carbocycles. The molecule has 0 aliphatic heterocycles. The van der Waals surface area contributed by atoms with Crippen LogP contribution in [0.5, 0.6) is 0 Å². The molecule has 156 valence electrons. The lowest BCUT2D eigenvalue weighted by Gasteiger charge is -2.25. The summed E-state index contributed by atoms with van der Waals surface area (Å²) in [4.78, 5) is 12.0. The SMILES string of the molecule is CS(=O)(=O)N(CCCC(=O)NCC1=CCCCC1)c1ccccc1C(F)(F)F. The third kappa shape index (κ3) is 6.54. The van der Waals surface area contributed by atoms with Gasteiger partial charge in [-0.25, -0.2) is 8.42 Å². The number of carbonyl (C=O) groups is 1. The first kappa shape index (κ1) is 22.3. The average Bonchev–Trinajstić information content (AvgIpc) is 2.63. The quantitative estimate of drug-likeness (QED) is 0.652. The van der Waals surface area contributed by atoms with Gasteiger partial charge in [-0.2, -0.15) is 13.2 Å². The molecule has 0 spiro atoms. The van der Waals surface area contributed by atoms with Crippen LogP contribution >= 0.6 is 0 Å². The lowest BCUT2D eigenvalue weighted by atomic mass is 10.00. The van der Waals surface area contributed by atoms with Crippen molar-refractivity contribution < 1.29 is 26.4 Å². The molecule has 5 nitrogen and oxygen atoms in total. The molecular formula is C19H25F3N2O3S. The number of benzene rings is 1. The van der Waals surface area contributed by atoms with Crippen LogP contribution in [0.1, 0.15) is 44.1 Å². The highest BCUT2D eigenvalue weighted by Crippen LogP contribution is 2.37. The monoisotopic (exact) mass is 418 g/mol. The highest BCUT2D eigenvalue weighted by atomic mass is 32.2. The van der Waals surface area contributed by atoms with Crippen molar-refractivity contribution in [3.05, 3.63) is 41.5 Å². The summed E-state index contributed by atoms with van der Waals surface area (Å²) in [5.41, 5.74) is -0.268. The summed E-state index contributed by atoms with van der Waals surface area (Å²) in [5.74, 6) is -0.246. The second kappa shape index (κ2) is 9.45. The van der Waals surface area contributed by atoms with Crippen LogP contribution in [0.3, 0.4) is 0 Å². The van der Waals surface area contributed by atoms with E-state index in [1.807, 2.05) is 0 Å². The van der Waals surface area contributed by atoms with Crippen LogP contribution in [0.4, 0.5) is 18.9 Å². The number of sulfonamides is 1. The molecule has 9 heteroatoms. The van der Waals surface area contributed by atoms with Gasteiger partial charge in [0.1, 0.15) is 0 Å². The number of para-hydroxylation sites is 1. The van der Waals surface area contributed by atoms with E-state index >= 15 is 0 Å². The number of hydrogen-bond donors (Lipinski definition) is 1. The Labute approximate surface area is 163 Å². The summed E-state index contributed by atoms with van der Waals surface area (Å²) in [6.07, 6.45) is 2.66. The van der Waals surface area contributed by atoms with E-state index < -0.39 is 27.5 Å². The highest BCUT2D eigenvalue weighted by Gasteiger charge is 2.36. The summed E-state index contributed by atoms with van der Waals surface area (Å²) >= 11 is 0. The smallest absolute Gasteiger partial charge is 0.352 e. The van der Waals surface area contributed by atoms with Gasteiger partial charge in [0.05, 0.1) is 17.5 Å². The van der Waals surface area contributed by atoms with E-state index in [1.165, 1.54) is 17.7 Å². The predicted octanol–water partition coefficient (Wildman–Crippen LogP) is 3.87. The van der Waals surface area contributed by atoms with Crippen LogP contribution in [0.25, 0.3) is 0 Å². The van der Waals surface area contributed by atoms with Crippen molar-refractivity contribution in [2.45, 2.75) is 44.7 Å². The van der Waals surface area contributed by atoms with Gasteiger partial charge in [0.2, 0.25) is 15.9 Å². The fraction of sp³-hybridized carbons (Fsp3) is 0.526. The van der Waals surface area contributed by atoms with Crippen molar-refractivity contribution in [1.29, 1.82) is 0 Å². The van der Waals surface area contributed by atoms with Crippen molar-refractivity contribution in [2.24, 2.45) is 0 Å². The lowest BCUT2D eigenvalue weighted by Crippen LogP contribution is -2.34. The Morgan fingerprint density at radius 2 is 1.93 bits per heavy atom. The van der Waals surface area contributed by atoms with Crippen LogP contribution in [-0.2, 0) is 21.0 Å². The van der Waals surface area contributed by atoms with Crippen LogP contribution in [0.15, 0.2) is 35.9 Å². The Hall–Kier alpha value is -2.03. The molecule has 0 bridgehead atoms. The second-order valence-electron chi connectivity index (χ2n) is 6.84. The van der Waals surface area contributed by atoms with Crippen molar-refractivity contribution in [1.82, 2.24) is 5.32 Å². The number of allylic oxidation sites excluding steroid dienone is 1. The molecule has 1 aromatic rings. The maximum absolute atomic E-state index is 13.2. The number of anilines is 1. The molecule has 28 heavy (non-hydrogen) atoms. The molecule has 0 fully saturated rings. The van der Waals surface area contributed by atoms with Gasteiger partial charge in [-0.3, -0.25) is 9.10 Å². The average molecular weight is 418 g/mol. The third-order valence-electron chi connectivity index (χ3n) is 4.54. The number of halogens is 3. The van der Waals surface area contributed by atoms with E-state index in [-0.39, 0.29) is 25.3 Å². The maximum Gasteiger partial charge on any atom is 0.418 e. The summed E-state index contributed by atoms with van der Waals surface area (Å²) < 4.78 is 64.6. The van der Waals surface area contributed by atoms with E-state index in [0.717, 1.165) is 44.1 Å². The van der Waals surface area contributed by atoms with Crippen LogP contribution in [0.2, 0.25) is 0 Å². The van der Waals surface area contributed by atoms with Gasteiger partial charge in [-0.05, 0) is 44.2 Å². The normalized spacial score (nSPS) is 15.1.